The van der Waals surface area contributed by atoms with Gasteiger partial charge in [0.05, 0.1) is 12.8 Å². The second kappa shape index (κ2) is 6.49. The van der Waals surface area contributed by atoms with Gasteiger partial charge in [0.1, 0.15) is 0 Å². The highest BCUT2D eigenvalue weighted by atomic mass is 35.5. The third-order valence-electron chi connectivity index (χ3n) is 3.50. The summed E-state index contributed by atoms with van der Waals surface area (Å²) < 4.78 is 35.0. The number of fused-ring (bicyclic) bond motifs is 1. The Morgan fingerprint density at radius 2 is 2.04 bits per heavy atom. The lowest BCUT2D eigenvalue weighted by Crippen LogP contribution is -2.06. The second-order valence-electron chi connectivity index (χ2n) is 4.96. The summed E-state index contributed by atoms with van der Waals surface area (Å²) in [5.41, 5.74) is 1.84. The standard InChI is InChI=1S/C17H12ClF2NO3/c1-23-14-4-2-3-9(15(14)24-17(19)20)7-12-11-6-5-10(18)8-13(11)21-16(12)22/h2-8,17H,1H3,(H,21,22)/b12-7+. The molecule has 0 unspecified atom stereocenters. The highest BCUT2D eigenvalue weighted by Crippen LogP contribution is 2.38. The molecule has 24 heavy (non-hydrogen) atoms. The number of hydrogen-bond acceptors (Lipinski definition) is 3. The summed E-state index contributed by atoms with van der Waals surface area (Å²) in [5.74, 6) is -0.324. The fourth-order valence-electron chi connectivity index (χ4n) is 2.49. The number of amides is 1. The Balaban J connectivity index is 2.11. The van der Waals surface area contributed by atoms with Crippen molar-refractivity contribution in [3.8, 4) is 11.5 Å². The number of methoxy groups -OCH3 is 1. The number of hydrogen-bond donors (Lipinski definition) is 1. The van der Waals surface area contributed by atoms with Crippen LogP contribution in [0.4, 0.5) is 14.5 Å². The van der Waals surface area contributed by atoms with Gasteiger partial charge in [0.25, 0.3) is 5.91 Å². The number of carbonyl (C=O) groups is 1. The van der Waals surface area contributed by atoms with Crippen molar-refractivity contribution in [1.29, 1.82) is 0 Å². The van der Waals surface area contributed by atoms with E-state index in [1.807, 2.05) is 0 Å². The van der Waals surface area contributed by atoms with Crippen LogP contribution in [0.5, 0.6) is 11.5 Å². The molecule has 124 valence electrons. The number of nitrogens with one attached hydrogen (secondary N) is 1. The van der Waals surface area contributed by atoms with Crippen molar-refractivity contribution in [2.45, 2.75) is 6.61 Å². The van der Waals surface area contributed by atoms with Crippen LogP contribution in [0.1, 0.15) is 11.1 Å². The molecular weight excluding hydrogens is 340 g/mol. The quantitative estimate of drug-likeness (QED) is 0.828. The van der Waals surface area contributed by atoms with E-state index >= 15 is 0 Å². The summed E-state index contributed by atoms with van der Waals surface area (Å²) in [4.78, 5) is 12.2. The van der Waals surface area contributed by atoms with E-state index in [2.05, 4.69) is 10.1 Å². The van der Waals surface area contributed by atoms with Crippen molar-refractivity contribution in [2.24, 2.45) is 0 Å². The summed E-state index contributed by atoms with van der Waals surface area (Å²) in [7, 11) is 1.35. The summed E-state index contributed by atoms with van der Waals surface area (Å²) in [5, 5.41) is 3.17. The SMILES string of the molecule is COc1cccc(/C=C2/C(=O)Nc3cc(Cl)ccc32)c1OC(F)F. The van der Waals surface area contributed by atoms with E-state index in [1.165, 1.54) is 19.3 Å². The van der Waals surface area contributed by atoms with Gasteiger partial charge in [-0.25, -0.2) is 0 Å². The van der Waals surface area contributed by atoms with Crippen LogP contribution in [0.15, 0.2) is 36.4 Å². The molecule has 3 rings (SSSR count). The first kappa shape index (κ1) is 16.3. The first-order valence-electron chi connectivity index (χ1n) is 6.94. The Morgan fingerprint density at radius 1 is 1.25 bits per heavy atom. The third-order valence-corrected chi connectivity index (χ3v) is 3.74. The van der Waals surface area contributed by atoms with Crippen molar-refractivity contribution in [2.75, 3.05) is 12.4 Å². The molecule has 0 aromatic heterocycles. The normalized spacial score (nSPS) is 14.7. The fraction of sp³-hybridized carbons (Fsp3) is 0.118. The van der Waals surface area contributed by atoms with E-state index in [1.54, 1.807) is 30.3 Å². The van der Waals surface area contributed by atoms with Crippen LogP contribution in [-0.4, -0.2) is 19.6 Å². The van der Waals surface area contributed by atoms with Crippen LogP contribution in [-0.2, 0) is 4.79 Å². The molecule has 1 aliphatic heterocycles. The van der Waals surface area contributed by atoms with Crippen molar-refractivity contribution >= 4 is 34.8 Å². The van der Waals surface area contributed by atoms with E-state index in [9.17, 15) is 13.6 Å². The average molecular weight is 352 g/mol. The molecule has 0 spiro atoms. The van der Waals surface area contributed by atoms with Crippen molar-refractivity contribution in [3.63, 3.8) is 0 Å². The van der Waals surface area contributed by atoms with Gasteiger partial charge in [-0.2, -0.15) is 8.78 Å². The molecule has 0 saturated carbocycles. The van der Waals surface area contributed by atoms with Gasteiger partial charge in [0.15, 0.2) is 11.5 Å². The predicted molar refractivity (Wildman–Crippen MR) is 87.6 cm³/mol. The minimum Gasteiger partial charge on any atom is -0.493 e. The van der Waals surface area contributed by atoms with Gasteiger partial charge in [0.2, 0.25) is 0 Å². The predicted octanol–water partition coefficient (Wildman–Crippen LogP) is 4.44. The number of carbonyl (C=O) groups excluding carboxylic acids is 1. The summed E-state index contributed by atoms with van der Waals surface area (Å²) in [6, 6.07) is 9.65. The Labute approximate surface area is 141 Å². The topological polar surface area (TPSA) is 47.6 Å². The molecule has 1 N–H and O–H groups in total. The summed E-state index contributed by atoms with van der Waals surface area (Å²) >= 11 is 5.91. The summed E-state index contributed by atoms with van der Waals surface area (Å²) in [6.45, 7) is -3.01. The van der Waals surface area contributed by atoms with Crippen LogP contribution >= 0.6 is 11.6 Å². The minimum absolute atomic E-state index is 0.127. The lowest BCUT2D eigenvalue weighted by molar-refractivity contribution is -0.110. The molecule has 4 nitrogen and oxygen atoms in total. The lowest BCUT2D eigenvalue weighted by atomic mass is 10.0. The van der Waals surface area contributed by atoms with Gasteiger partial charge in [-0.15, -0.1) is 0 Å². The van der Waals surface area contributed by atoms with Crippen molar-refractivity contribution in [1.82, 2.24) is 0 Å². The van der Waals surface area contributed by atoms with Crippen molar-refractivity contribution < 1.29 is 23.0 Å². The van der Waals surface area contributed by atoms with Crippen LogP contribution in [0.25, 0.3) is 11.6 Å². The Morgan fingerprint density at radius 3 is 2.75 bits per heavy atom. The van der Waals surface area contributed by atoms with Crippen LogP contribution in [0.3, 0.4) is 0 Å². The van der Waals surface area contributed by atoms with Gasteiger partial charge in [-0.3, -0.25) is 4.79 Å². The zero-order valence-corrected chi connectivity index (χ0v) is 13.2. The van der Waals surface area contributed by atoms with Gasteiger partial charge in [0, 0.05) is 21.7 Å². The van der Waals surface area contributed by atoms with Crippen molar-refractivity contribution in [3.05, 3.63) is 52.5 Å². The average Bonchev–Trinajstić information content (AvgIpc) is 2.83. The highest BCUT2D eigenvalue weighted by molar-refractivity contribution is 6.36. The minimum atomic E-state index is -3.01. The lowest BCUT2D eigenvalue weighted by Gasteiger charge is -2.12. The van der Waals surface area contributed by atoms with E-state index in [0.29, 0.717) is 27.4 Å². The highest BCUT2D eigenvalue weighted by Gasteiger charge is 2.25. The van der Waals surface area contributed by atoms with Crippen LogP contribution < -0.4 is 14.8 Å². The zero-order valence-electron chi connectivity index (χ0n) is 12.5. The molecule has 1 aliphatic rings. The number of alkyl halides is 2. The molecule has 0 saturated heterocycles. The van der Waals surface area contributed by atoms with E-state index in [4.69, 9.17) is 16.3 Å². The molecule has 1 heterocycles. The smallest absolute Gasteiger partial charge is 0.387 e. The Hall–Kier alpha value is -2.60. The van der Waals surface area contributed by atoms with Gasteiger partial charge >= 0.3 is 6.61 Å². The monoisotopic (exact) mass is 351 g/mol. The maximum absolute atomic E-state index is 12.7. The number of rotatable bonds is 4. The second-order valence-corrected chi connectivity index (χ2v) is 5.40. The van der Waals surface area contributed by atoms with Gasteiger partial charge in [-0.1, -0.05) is 29.8 Å². The van der Waals surface area contributed by atoms with Gasteiger partial charge < -0.3 is 14.8 Å². The third kappa shape index (κ3) is 3.05. The molecule has 0 radical (unpaired) electrons. The molecule has 0 bridgehead atoms. The van der Waals surface area contributed by atoms with Crippen LogP contribution in [0.2, 0.25) is 5.02 Å². The maximum Gasteiger partial charge on any atom is 0.387 e. The molecule has 0 atom stereocenters. The van der Waals surface area contributed by atoms with E-state index in [-0.39, 0.29) is 17.4 Å². The molecule has 7 heteroatoms. The first-order chi connectivity index (χ1) is 11.5. The number of anilines is 1. The molecule has 2 aromatic rings. The molecule has 1 amide bonds. The number of benzene rings is 2. The van der Waals surface area contributed by atoms with E-state index < -0.39 is 6.61 Å². The first-order valence-corrected chi connectivity index (χ1v) is 7.32. The Kier molecular flexibility index (Phi) is 4.40. The van der Waals surface area contributed by atoms with Crippen LogP contribution in [0, 0.1) is 0 Å². The molecule has 2 aromatic carbocycles. The maximum atomic E-state index is 12.7. The summed E-state index contributed by atoms with van der Waals surface area (Å²) in [6.07, 6.45) is 1.48. The molecule has 0 aliphatic carbocycles. The largest absolute Gasteiger partial charge is 0.493 e. The van der Waals surface area contributed by atoms with E-state index in [0.717, 1.165) is 0 Å². The fourth-order valence-corrected chi connectivity index (χ4v) is 2.66. The number of halogens is 3. The Bertz CT molecular complexity index is 837. The number of para-hydroxylation sites is 1. The molecule has 0 fully saturated rings. The van der Waals surface area contributed by atoms with Gasteiger partial charge in [-0.05, 0) is 24.3 Å². The number of ether oxygens (including phenoxy) is 2. The molecular formula is C17H12ClF2NO3. The zero-order chi connectivity index (χ0) is 17.3.